The van der Waals surface area contributed by atoms with Crippen LogP contribution in [0.5, 0.6) is 0 Å². The Morgan fingerprint density at radius 2 is 1.89 bits per heavy atom. The number of hydrogen-bond acceptors (Lipinski definition) is 1. The summed E-state index contributed by atoms with van der Waals surface area (Å²) in [6.45, 7) is 2.50. The van der Waals surface area contributed by atoms with Crippen LogP contribution in [-0.2, 0) is 6.54 Å². The fourth-order valence-electron chi connectivity index (χ4n) is 1.82. The molecule has 0 fully saturated rings. The molecule has 0 bridgehead atoms. The van der Waals surface area contributed by atoms with Crippen molar-refractivity contribution in [3.8, 4) is 0 Å². The first-order valence-electron chi connectivity index (χ1n) is 5.99. The summed E-state index contributed by atoms with van der Waals surface area (Å²) < 4.78 is 14.8. The van der Waals surface area contributed by atoms with Crippen molar-refractivity contribution < 1.29 is 4.39 Å². The summed E-state index contributed by atoms with van der Waals surface area (Å²) in [7, 11) is 0. The number of benzene rings is 2. The van der Waals surface area contributed by atoms with Crippen LogP contribution in [0, 0.1) is 5.82 Å². The molecule has 0 aliphatic rings. The second-order valence-electron chi connectivity index (χ2n) is 4.37. The van der Waals surface area contributed by atoms with Gasteiger partial charge in [0.15, 0.2) is 0 Å². The van der Waals surface area contributed by atoms with Gasteiger partial charge in [-0.2, -0.15) is 0 Å². The highest BCUT2D eigenvalue weighted by Crippen LogP contribution is 2.20. The molecule has 0 amide bonds. The van der Waals surface area contributed by atoms with Gasteiger partial charge < -0.3 is 5.32 Å². The van der Waals surface area contributed by atoms with E-state index in [1.54, 1.807) is 18.2 Å². The van der Waals surface area contributed by atoms with E-state index in [0.29, 0.717) is 12.1 Å². The van der Waals surface area contributed by atoms with E-state index in [1.807, 2.05) is 31.2 Å². The minimum Gasteiger partial charge on any atom is -0.306 e. The first-order valence-corrected chi connectivity index (χ1v) is 7.17. The van der Waals surface area contributed by atoms with E-state index in [1.165, 1.54) is 0 Å². The molecule has 100 valence electrons. The molecular formula is C15H14BrClFN. The molecule has 2 aromatic carbocycles. The van der Waals surface area contributed by atoms with Crippen molar-refractivity contribution in [2.45, 2.75) is 19.5 Å². The quantitative estimate of drug-likeness (QED) is 0.816. The zero-order chi connectivity index (χ0) is 13.8. The van der Waals surface area contributed by atoms with Crippen molar-refractivity contribution in [3.63, 3.8) is 0 Å². The molecule has 1 nitrogen and oxygen atoms in total. The van der Waals surface area contributed by atoms with E-state index < -0.39 is 0 Å². The van der Waals surface area contributed by atoms with Crippen molar-refractivity contribution in [1.29, 1.82) is 0 Å². The number of rotatable bonds is 4. The average Bonchev–Trinajstić information content (AvgIpc) is 2.41. The monoisotopic (exact) mass is 341 g/mol. The van der Waals surface area contributed by atoms with Crippen molar-refractivity contribution in [2.24, 2.45) is 0 Å². The first kappa shape index (κ1) is 14.5. The molecule has 19 heavy (non-hydrogen) atoms. The molecule has 0 radical (unpaired) electrons. The summed E-state index contributed by atoms with van der Waals surface area (Å²) in [6.07, 6.45) is 0. The lowest BCUT2D eigenvalue weighted by Gasteiger charge is -2.15. The van der Waals surface area contributed by atoms with Crippen LogP contribution in [0.2, 0.25) is 5.02 Å². The Hall–Kier alpha value is -0.900. The molecule has 4 heteroatoms. The van der Waals surface area contributed by atoms with Gasteiger partial charge in [-0.25, -0.2) is 4.39 Å². The summed E-state index contributed by atoms with van der Waals surface area (Å²) >= 11 is 9.16. The van der Waals surface area contributed by atoms with Gasteiger partial charge in [-0.05, 0) is 30.7 Å². The molecule has 0 aromatic heterocycles. The van der Waals surface area contributed by atoms with E-state index in [0.717, 1.165) is 10.0 Å². The highest BCUT2D eigenvalue weighted by Gasteiger charge is 2.09. The molecule has 1 N–H and O–H groups in total. The summed E-state index contributed by atoms with van der Waals surface area (Å²) in [5, 5.41) is 3.45. The van der Waals surface area contributed by atoms with Gasteiger partial charge in [-0.15, -0.1) is 0 Å². The third-order valence-electron chi connectivity index (χ3n) is 3.00. The van der Waals surface area contributed by atoms with Crippen LogP contribution in [-0.4, -0.2) is 0 Å². The van der Waals surface area contributed by atoms with Gasteiger partial charge in [0.05, 0.1) is 5.02 Å². The summed E-state index contributed by atoms with van der Waals surface area (Å²) in [5.74, 6) is -0.348. The lowest BCUT2D eigenvalue weighted by atomic mass is 10.1. The van der Waals surface area contributed by atoms with E-state index in [-0.39, 0.29) is 16.9 Å². The lowest BCUT2D eigenvalue weighted by molar-refractivity contribution is 0.544. The van der Waals surface area contributed by atoms with Gasteiger partial charge in [-0.3, -0.25) is 0 Å². The Labute approximate surface area is 125 Å². The zero-order valence-corrected chi connectivity index (χ0v) is 12.8. The third-order valence-corrected chi connectivity index (χ3v) is 3.82. The van der Waals surface area contributed by atoms with Crippen molar-refractivity contribution in [2.75, 3.05) is 0 Å². The van der Waals surface area contributed by atoms with Crippen LogP contribution in [0.3, 0.4) is 0 Å². The molecule has 0 saturated carbocycles. The normalized spacial score (nSPS) is 12.4. The summed E-state index contributed by atoms with van der Waals surface area (Å²) in [4.78, 5) is 0. The second-order valence-corrected chi connectivity index (χ2v) is 5.69. The highest BCUT2D eigenvalue weighted by atomic mass is 79.9. The number of halogens is 3. The van der Waals surface area contributed by atoms with Gasteiger partial charge in [-0.1, -0.05) is 51.8 Å². The van der Waals surface area contributed by atoms with E-state index >= 15 is 0 Å². The standard InChI is InChI=1S/C15H14BrClFN/c1-10(11-5-7-13(16)8-6-11)19-9-12-3-2-4-14(17)15(12)18/h2-8,10,19H,9H2,1H3/t10-/m1/s1. The lowest BCUT2D eigenvalue weighted by Crippen LogP contribution is -2.18. The molecule has 0 saturated heterocycles. The predicted octanol–water partition coefficient (Wildman–Crippen LogP) is 5.09. The van der Waals surface area contributed by atoms with Gasteiger partial charge in [0.25, 0.3) is 0 Å². The Morgan fingerprint density at radius 1 is 1.21 bits per heavy atom. The molecule has 0 aliphatic carbocycles. The third kappa shape index (κ3) is 3.78. The molecule has 0 unspecified atom stereocenters. The van der Waals surface area contributed by atoms with Crippen LogP contribution in [0.25, 0.3) is 0 Å². The topological polar surface area (TPSA) is 12.0 Å². The zero-order valence-electron chi connectivity index (χ0n) is 10.5. The second kappa shape index (κ2) is 6.51. The molecule has 0 heterocycles. The maximum Gasteiger partial charge on any atom is 0.146 e. The maximum absolute atomic E-state index is 13.7. The van der Waals surface area contributed by atoms with Gasteiger partial charge >= 0.3 is 0 Å². The molecular weight excluding hydrogens is 329 g/mol. The highest BCUT2D eigenvalue weighted by molar-refractivity contribution is 9.10. The van der Waals surface area contributed by atoms with Crippen LogP contribution in [0.4, 0.5) is 4.39 Å². The van der Waals surface area contributed by atoms with Crippen LogP contribution >= 0.6 is 27.5 Å². The largest absolute Gasteiger partial charge is 0.306 e. The summed E-state index contributed by atoms with van der Waals surface area (Å²) in [6, 6.07) is 13.3. The van der Waals surface area contributed by atoms with Gasteiger partial charge in [0.2, 0.25) is 0 Å². The van der Waals surface area contributed by atoms with Crippen molar-refractivity contribution in [1.82, 2.24) is 5.32 Å². The van der Waals surface area contributed by atoms with Crippen molar-refractivity contribution >= 4 is 27.5 Å². The van der Waals surface area contributed by atoms with E-state index in [2.05, 4.69) is 21.2 Å². The Kier molecular flexibility index (Phi) is 4.97. The van der Waals surface area contributed by atoms with E-state index in [9.17, 15) is 4.39 Å². The molecule has 0 aliphatic heterocycles. The minimum absolute atomic E-state index is 0.145. The Bertz CT molecular complexity index is 557. The fraction of sp³-hybridized carbons (Fsp3) is 0.200. The molecule has 2 aromatic rings. The number of hydrogen-bond donors (Lipinski definition) is 1. The summed E-state index contributed by atoms with van der Waals surface area (Å²) in [5.41, 5.74) is 1.74. The van der Waals surface area contributed by atoms with Crippen LogP contribution in [0.1, 0.15) is 24.1 Å². The minimum atomic E-state index is -0.348. The Balaban J connectivity index is 2.02. The number of nitrogens with one attached hydrogen (secondary N) is 1. The SMILES string of the molecule is C[C@@H](NCc1cccc(Cl)c1F)c1ccc(Br)cc1. The van der Waals surface area contributed by atoms with Crippen LogP contribution in [0.15, 0.2) is 46.9 Å². The van der Waals surface area contributed by atoms with Crippen LogP contribution < -0.4 is 5.32 Å². The van der Waals surface area contributed by atoms with Gasteiger partial charge in [0, 0.05) is 22.6 Å². The van der Waals surface area contributed by atoms with Crippen molar-refractivity contribution in [3.05, 3.63) is 68.9 Å². The predicted molar refractivity (Wildman–Crippen MR) is 80.8 cm³/mol. The molecule has 1 atom stereocenters. The molecule has 2 rings (SSSR count). The fourth-order valence-corrected chi connectivity index (χ4v) is 2.28. The van der Waals surface area contributed by atoms with Gasteiger partial charge in [0.1, 0.15) is 5.82 Å². The average molecular weight is 343 g/mol. The van der Waals surface area contributed by atoms with E-state index in [4.69, 9.17) is 11.6 Å². The maximum atomic E-state index is 13.7. The smallest absolute Gasteiger partial charge is 0.146 e. The molecule has 0 spiro atoms. The first-order chi connectivity index (χ1) is 9.08. The Morgan fingerprint density at radius 3 is 2.58 bits per heavy atom.